The summed E-state index contributed by atoms with van der Waals surface area (Å²) < 4.78 is 1.75. The van der Waals surface area contributed by atoms with Crippen molar-refractivity contribution < 1.29 is 9.59 Å². The van der Waals surface area contributed by atoms with Crippen LogP contribution in [0, 0.1) is 0 Å². The molecule has 1 atom stereocenters. The maximum atomic E-state index is 12.7. The van der Waals surface area contributed by atoms with Crippen molar-refractivity contribution in [2.45, 2.75) is 12.5 Å². The molecule has 1 aromatic heterocycles. The maximum absolute atomic E-state index is 12.7. The Kier molecular flexibility index (Phi) is 3.89. The van der Waals surface area contributed by atoms with Crippen LogP contribution in [-0.2, 0) is 11.2 Å². The van der Waals surface area contributed by atoms with Gasteiger partial charge >= 0.3 is 0 Å². The second-order valence-electron chi connectivity index (χ2n) is 5.23. The van der Waals surface area contributed by atoms with E-state index < -0.39 is 0 Å². The number of fused-ring (bicyclic) bond motifs is 2. The van der Waals surface area contributed by atoms with Crippen molar-refractivity contribution in [3.63, 3.8) is 0 Å². The fraction of sp³-hybridized carbons (Fsp3) is 0.176. The summed E-state index contributed by atoms with van der Waals surface area (Å²) in [5.74, 6) is 0.109. The average molecular weight is 308 g/mol. The molecule has 3 aromatic rings. The lowest BCUT2D eigenvalue weighted by atomic mass is 10.1. The number of anilines is 1. The van der Waals surface area contributed by atoms with Gasteiger partial charge in [-0.1, -0.05) is 23.4 Å². The molecule has 0 spiro atoms. The first-order chi connectivity index (χ1) is 11.3. The molecule has 1 aliphatic rings. The van der Waals surface area contributed by atoms with Crippen LogP contribution in [0.1, 0.15) is 22.0 Å². The van der Waals surface area contributed by atoms with Crippen molar-refractivity contribution >= 4 is 29.3 Å². The molecule has 0 fully saturated rings. The topological polar surface area (TPSA) is 76.9 Å². The minimum atomic E-state index is -0.292. The van der Waals surface area contributed by atoms with E-state index in [2.05, 4.69) is 15.6 Å². The standard InChI is InChI=1S/C16H14N4O.CH2O/c1-17-11-7-6-10-8-15(16(21)12(10)9-11)20-14-5-3-2-4-13(14)18-19-20;1-2/h2-7,9,15,17H,8H2,1H3;1H2. The van der Waals surface area contributed by atoms with Crippen molar-refractivity contribution in [1.82, 2.24) is 15.0 Å². The van der Waals surface area contributed by atoms with Gasteiger partial charge in [0.25, 0.3) is 0 Å². The molecule has 2 aromatic carbocycles. The molecule has 116 valence electrons. The number of benzene rings is 2. The predicted octanol–water partition coefficient (Wildman–Crippen LogP) is 2.27. The van der Waals surface area contributed by atoms with E-state index in [-0.39, 0.29) is 11.8 Å². The number of ketones is 1. The van der Waals surface area contributed by atoms with E-state index in [0.29, 0.717) is 6.42 Å². The highest BCUT2D eigenvalue weighted by Gasteiger charge is 2.33. The maximum Gasteiger partial charge on any atom is 0.188 e. The zero-order valence-electron chi connectivity index (χ0n) is 12.7. The normalized spacial score (nSPS) is 15.9. The van der Waals surface area contributed by atoms with Gasteiger partial charge in [-0.15, -0.1) is 5.10 Å². The van der Waals surface area contributed by atoms with Crippen LogP contribution in [0.3, 0.4) is 0 Å². The number of para-hydroxylation sites is 1. The number of aromatic nitrogens is 3. The van der Waals surface area contributed by atoms with Crippen LogP contribution < -0.4 is 5.32 Å². The van der Waals surface area contributed by atoms with Crippen LogP contribution in [0.4, 0.5) is 5.69 Å². The molecular formula is C17H16N4O2. The van der Waals surface area contributed by atoms with E-state index in [1.165, 1.54) is 0 Å². The lowest BCUT2D eigenvalue weighted by Crippen LogP contribution is -2.17. The van der Waals surface area contributed by atoms with Crippen LogP contribution in [0.25, 0.3) is 11.0 Å². The third-order valence-corrected chi connectivity index (χ3v) is 4.05. The predicted molar refractivity (Wildman–Crippen MR) is 87.7 cm³/mol. The van der Waals surface area contributed by atoms with Crippen molar-refractivity contribution in [1.29, 1.82) is 0 Å². The van der Waals surface area contributed by atoms with Crippen LogP contribution in [-0.4, -0.2) is 34.6 Å². The highest BCUT2D eigenvalue weighted by Crippen LogP contribution is 2.33. The number of Topliss-reactive ketones (excluding diaryl/α,β-unsaturated/α-hetero) is 1. The van der Waals surface area contributed by atoms with E-state index in [1.54, 1.807) is 4.68 Å². The number of carbonyl (C=O) groups is 2. The highest BCUT2D eigenvalue weighted by molar-refractivity contribution is 6.04. The summed E-state index contributed by atoms with van der Waals surface area (Å²) in [7, 11) is 1.85. The number of carbonyl (C=O) groups excluding carboxylic acids is 2. The Hall–Kier alpha value is -3.02. The Balaban J connectivity index is 0.000000753. The van der Waals surface area contributed by atoms with Gasteiger partial charge in [-0.3, -0.25) is 4.79 Å². The first-order valence-corrected chi connectivity index (χ1v) is 7.21. The quantitative estimate of drug-likeness (QED) is 0.786. The minimum absolute atomic E-state index is 0.109. The van der Waals surface area contributed by atoms with E-state index >= 15 is 0 Å². The number of nitrogens with zero attached hydrogens (tertiary/aromatic N) is 3. The summed E-state index contributed by atoms with van der Waals surface area (Å²) in [6.45, 7) is 2.00. The first kappa shape index (κ1) is 14.9. The number of hydrogen-bond donors (Lipinski definition) is 1. The van der Waals surface area contributed by atoms with Crippen molar-refractivity contribution in [2.75, 3.05) is 12.4 Å². The number of nitrogens with one attached hydrogen (secondary N) is 1. The van der Waals surface area contributed by atoms with Gasteiger partial charge in [0.15, 0.2) is 5.78 Å². The van der Waals surface area contributed by atoms with Crippen LogP contribution in [0.15, 0.2) is 42.5 Å². The molecule has 6 heteroatoms. The van der Waals surface area contributed by atoms with Gasteiger partial charge in [-0.25, -0.2) is 4.68 Å². The van der Waals surface area contributed by atoms with Crippen LogP contribution in [0.2, 0.25) is 0 Å². The SMILES string of the molecule is C=O.CNc1ccc2c(c1)C(=O)C(n1nnc3ccccc31)C2. The Morgan fingerprint density at radius 2 is 2.00 bits per heavy atom. The van der Waals surface area contributed by atoms with Gasteiger partial charge in [0.05, 0.1) is 5.52 Å². The molecular weight excluding hydrogens is 292 g/mol. The van der Waals surface area contributed by atoms with Crippen molar-refractivity contribution in [3.8, 4) is 0 Å². The highest BCUT2D eigenvalue weighted by atomic mass is 16.1. The number of rotatable bonds is 2. The summed E-state index contributed by atoms with van der Waals surface area (Å²) in [4.78, 5) is 20.7. The average Bonchev–Trinajstić information content (AvgIpc) is 3.17. The zero-order chi connectivity index (χ0) is 16.4. The zero-order valence-corrected chi connectivity index (χ0v) is 12.7. The Bertz CT molecular complexity index is 872. The summed E-state index contributed by atoms with van der Waals surface area (Å²) in [5.41, 5.74) is 4.52. The Morgan fingerprint density at radius 1 is 1.22 bits per heavy atom. The molecule has 0 saturated heterocycles. The fourth-order valence-electron chi connectivity index (χ4n) is 2.93. The minimum Gasteiger partial charge on any atom is -0.388 e. The Labute approximate surface area is 133 Å². The summed E-state index contributed by atoms with van der Waals surface area (Å²) >= 11 is 0. The lowest BCUT2D eigenvalue weighted by molar-refractivity contribution is -0.0980. The monoisotopic (exact) mass is 308 g/mol. The fourth-order valence-corrected chi connectivity index (χ4v) is 2.93. The molecule has 4 rings (SSSR count). The van der Waals surface area contributed by atoms with E-state index in [9.17, 15) is 4.79 Å². The van der Waals surface area contributed by atoms with Crippen molar-refractivity contribution in [2.24, 2.45) is 0 Å². The molecule has 0 radical (unpaired) electrons. The van der Waals surface area contributed by atoms with Gasteiger partial charge < -0.3 is 10.1 Å². The molecule has 0 bridgehead atoms. The number of hydrogen-bond acceptors (Lipinski definition) is 5. The second kappa shape index (κ2) is 6.00. The van der Waals surface area contributed by atoms with Gasteiger partial charge in [-0.05, 0) is 29.8 Å². The van der Waals surface area contributed by atoms with Crippen molar-refractivity contribution in [3.05, 3.63) is 53.6 Å². The molecule has 23 heavy (non-hydrogen) atoms. The van der Waals surface area contributed by atoms with E-state index in [0.717, 1.165) is 27.8 Å². The van der Waals surface area contributed by atoms with E-state index in [4.69, 9.17) is 4.79 Å². The molecule has 6 nitrogen and oxygen atoms in total. The summed E-state index contributed by atoms with van der Waals surface area (Å²) in [6.07, 6.45) is 0.672. The lowest BCUT2D eigenvalue weighted by Gasteiger charge is -2.08. The molecule has 1 heterocycles. The largest absolute Gasteiger partial charge is 0.388 e. The first-order valence-electron chi connectivity index (χ1n) is 7.21. The molecule has 1 unspecified atom stereocenters. The van der Waals surface area contributed by atoms with Crippen LogP contribution in [0.5, 0.6) is 0 Å². The Morgan fingerprint density at radius 3 is 2.78 bits per heavy atom. The molecule has 0 amide bonds. The second-order valence-corrected chi connectivity index (χ2v) is 5.23. The molecule has 1 aliphatic carbocycles. The van der Waals surface area contributed by atoms with Gasteiger partial charge in [0.2, 0.25) is 0 Å². The molecule has 0 aliphatic heterocycles. The van der Waals surface area contributed by atoms with Crippen LogP contribution >= 0.6 is 0 Å². The molecule has 1 N–H and O–H groups in total. The van der Waals surface area contributed by atoms with Gasteiger partial charge in [0, 0.05) is 24.7 Å². The third-order valence-electron chi connectivity index (χ3n) is 4.05. The van der Waals surface area contributed by atoms with Gasteiger partial charge in [-0.2, -0.15) is 0 Å². The third kappa shape index (κ3) is 2.38. The smallest absolute Gasteiger partial charge is 0.188 e. The summed E-state index contributed by atoms with van der Waals surface area (Å²) in [5, 5.41) is 11.4. The van der Waals surface area contributed by atoms with Gasteiger partial charge in [0.1, 0.15) is 18.3 Å². The molecule has 0 saturated carbocycles. The van der Waals surface area contributed by atoms with E-state index in [1.807, 2.05) is 56.3 Å². The summed E-state index contributed by atoms with van der Waals surface area (Å²) in [6, 6.07) is 13.3.